The van der Waals surface area contributed by atoms with Crippen LogP contribution in [-0.2, 0) is 17.8 Å². The molecule has 0 amide bonds. The van der Waals surface area contributed by atoms with Crippen LogP contribution in [0.25, 0.3) is 0 Å². The third-order valence-corrected chi connectivity index (χ3v) is 2.17. The van der Waals surface area contributed by atoms with Gasteiger partial charge < -0.3 is 10.2 Å². The molecule has 0 aliphatic rings. The van der Waals surface area contributed by atoms with Gasteiger partial charge in [-0.25, -0.2) is 0 Å². The smallest absolute Gasteiger partial charge is 0.307 e. The summed E-state index contributed by atoms with van der Waals surface area (Å²) >= 11 is 0. The van der Waals surface area contributed by atoms with Crippen molar-refractivity contribution in [2.45, 2.75) is 26.8 Å². The van der Waals surface area contributed by atoms with Gasteiger partial charge in [-0.15, -0.1) is 0 Å². The highest BCUT2D eigenvalue weighted by Gasteiger charge is 2.13. The first kappa shape index (κ1) is 10.7. The summed E-state index contributed by atoms with van der Waals surface area (Å²) in [5.74, 6) is -0.861. The first-order chi connectivity index (χ1) is 6.56. The molecule has 1 heterocycles. The Balaban J connectivity index is 2.98. The van der Waals surface area contributed by atoms with Crippen LogP contribution in [0, 0.1) is 13.8 Å². The zero-order valence-corrected chi connectivity index (χ0v) is 8.32. The molecule has 0 aliphatic heterocycles. The van der Waals surface area contributed by atoms with Crippen LogP contribution in [0.15, 0.2) is 0 Å². The zero-order chi connectivity index (χ0) is 10.7. The van der Waals surface area contributed by atoms with Crippen molar-refractivity contribution in [1.29, 1.82) is 0 Å². The van der Waals surface area contributed by atoms with Crippen molar-refractivity contribution >= 4 is 5.97 Å². The molecule has 2 N–H and O–H groups in total. The molecule has 0 unspecified atom stereocenters. The largest absolute Gasteiger partial charge is 0.481 e. The van der Waals surface area contributed by atoms with E-state index in [1.54, 1.807) is 11.6 Å². The van der Waals surface area contributed by atoms with Gasteiger partial charge in [0.15, 0.2) is 0 Å². The minimum Gasteiger partial charge on any atom is -0.481 e. The number of hydrogen-bond acceptors (Lipinski definition) is 3. The quantitative estimate of drug-likeness (QED) is 0.720. The fourth-order valence-electron chi connectivity index (χ4n) is 1.45. The van der Waals surface area contributed by atoms with Gasteiger partial charge in [-0.1, -0.05) is 0 Å². The molecule has 14 heavy (non-hydrogen) atoms. The number of aliphatic carboxylic acids is 1. The Hall–Kier alpha value is -1.36. The monoisotopic (exact) mass is 198 g/mol. The molecule has 0 bridgehead atoms. The molecule has 1 aromatic heterocycles. The minimum atomic E-state index is -0.861. The van der Waals surface area contributed by atoms with E-state index < -0.39 is 5.97 Å². The van der Waals surface area contributed by atoms with E-state index in [9.17, 15) is 4.79 Å². The molecule has 78 valence electrons. The fraction of sp³-hybridized carbons (Fsp3) is 0.556. The van der Waals surface area contributed by atoms with Crippen LogP contribution in [-0.4, -0.2) is 32.6 Å². The lowest BCUT2D eigenvalue weighted by molar-refractivity contribution is -0.136. The van der Waals surface area contributed by atoms with E-state index in [1.165, 1.54) is 0 Å². The van der Waals surface area contributed by atoms with E-state index in [0.29, 0.717) is 6.54 Å². The lowest BCUT2D eigenvalue weighted by Crippen LogP contribution is -2.07. The van der Waals surface area contributed by atoms with Gasteiger partial charge in [0.25, 0.3) is 0 Å². The summed E-state index contributed by atoms with van der Waals surface area (Å²) in [7, 11) is 0. The van der Waals surface area contributed by atoms with Crippen LogP contribution in [0.3, 0.4) is 0 Å². The number of aryl methyl sites for hydroxylation is 1. The highest BCUT2D eigenvalue weighted by molar-refractivity contribution is 5.70. The Bertz CT molecular complexity index is 344. The first-order valence-electron chi connectivity index (χ1n) is 4.41. The van der Waals surface area contributed by atoms with Crippen molar-refractivity contribution in [3.05, 3.63) is 17.0 Å². The van der Waals surface area contributed by atoms with Crippen molar-refractivity contribution in [1.82, 2.24) is 9.78 Å². The van der Waals surface area contributed by atoms with E-state index in [4.69, 9.17) is 10.2 Å². The molecule has 0 radical (unpaired) electrons. The van der Waals surface area contributed by atoms with Gasteiger partial charge in [0.05, 0.1) is 25.3 Å². The number of carbonyl (C=O) groups is 1. The molecule has 1 rings (SSSR count). The van der Waals surface area contributed by atoms with E-state index in [1.807, 2.05) is 6.92 Å². The van der Waals surface area contributed by atoms with Crippen molar-refractivity contribution in [2.24, 2.45) is 0 Å². The van der Waals surface area contributed by atoms with Crippen molar-refractivity contribution in [2.75, 3.05) is 6.61 Å². The van der Waals surface area contributed by atoms with Crippen molar-refractivity contribution in [3.63, 3.8) is 0 Å². The Morgan fingerprint density at radius 3 is 2.64 bits per heavy atom. The molecule has 0 atom stereocenters. The summed E-state index contributed by atoms with van der Waals surface area (Å²) in [5.41, 5.74) is 2.28. The highest BCUT2D eigenvalue weighted by Crippen LogP contribution is 2.13. The molecule has 5 heteroatoms. The molecule has 5 nitrogen and oxygen atoms in total. The number of aliphatic hydroxyl groups is 1. The molecule has 0 fully saturated rings. The highest BCUT2D eigenvalue weighted by atomic mass is 16.4. The minimum absolute atomic E-state index is 0.00840. The number of aliphatic hydroxyl groups excluding tert-OH is 1. The predicted octanol–water partition coefficient (Wildman–Crippen LogP) is 0.119. The maximum atomic E-state index is 10.6. The second kappa shape index (κ2) is 4.23. The molecule has 0 aromatic carbocycles. The first-order valence-corrected chi connectivity index (χ1v) is 4.41. The van der Waals surface area contributed by atoms with Gasteiger partial charge >= 0.3 is 5.97 Å². The maximum absolute atomic E-state index is 10.6. The van der Waals surface area contributed by atoms with Gasteiger partial charge in [-0.2, -0.15) is 5.10 Å². The number of carboxylic acids is 1. The standard InChI is InChI=1S/C9H14N2O3/c1-6-8(5-9(13)14)7(2)11(10-6)3-4-12/h12H,3-5H2,1-2H3,(H,13,14). The normalized spacial score (nSPS) is 10.5. The maximum Gasteiger partial charge on any atom is 0.307 e. The van der Waals surface area contributed by atoms with Gasteiger partial charge in [0.2, 0.25) is 0 Å². The lowest BCUT2D eigenvalue weighted by Gasteiger charge is -2.01. The average molecular weight is 198 g/mol. The average Bonchev–Trinajstić information content (AvgIpc) is 2.33. The number of nitrogens with zero attached hydrogens (tertiary/aromatic N) is 2. The zero-order valence-electron chi connectivity index (χ0n) is 8.32. The lowest BCUT2D eigenvalue weighted by atomic mass is 10.1. The second-order valence-corrected chi connectivity index (χ2v) is 3.17. The molecule has 1 aromatic rings. The molecule has 0 aliphatic carbocycles. The van der Waals surface area contributed by atoms with E-state index >= 15 is 0 Å². The Labute approximate surface area is 82.0 Å². The third kappa shape index (κ3) is 2.11. The topological polar surface area (TPSA) is 75.3 Å². The number of rotatable bonds is 4. The summed E-state index contributed by atoms with van der Waals surface area (Å²) in [6.45, 7) is 4.01. The van der Waals surface area contributed by atoms with Crippen molar-refractivity contribution < 1.29 is 15.0 Å². The summed E-state index contributed by atoms with van der Waals surface area (Å²) < 4.78 is 1.63. The van der Waals surface area contributed by atoms with Crippen LogP contribution in [0.5, 0.6) is 0 Å². The molecular weight excluding hydrogens is 184 g/mol. The van der Waals surface area contributed by atoms with Crippen LogP contribution in [0.1, 0.15) is 17.0 Å². The summed E-state index contributed by atoms with van der Waals surface area (Å²) in [4.78, 5) is 10.6. The van der Waals surface area contributed by atoms with Crippen LogP contribution in [0.2, 0.25) is 0 Å². The Kier molecular flexibility index (Phi) is 3.24. The van der Waals surface area contributed by atoms with Gasteiger partial charge in [-0.3, -0.25) is 9.48 Å². The fourth-order valence-corrected chi connectivity index (χ4v) is 1.45. The second-order valence-electron chi connectivity index (χ2n) is 3.17. The van der Waals surface area contributed by atoms with E-state index in [0.717, 1.165) is 17.0 Å². The summed E-state index contributed by atoms with van der Waals surface area (Å²) in [6, 6.07) is 0. The van der Waals surface area contributed by atoms with Gasteiger partial charge in [0, 0.05) is 11.3 Å². The molecule has 0 spiro atoms. The van der Waals surface area contributed by atoms with Gasteiger partial charge in [-0.05, 0) is 13.8 Å². The molecular formula is C9H14N2O3. The van der Waals surface area contributed by atoms with Crippen LogP contribution >= 0.6 is 0 Å². The predicted molar refractivity (Wildman–Crippen MR) is 50.1 cm³/mol. The Morgan fingerprint density at radius 2 is 2.14 bits per heavy atom. The molecule has 0 saturated carbocycles. The Morgan fingerprint density at radius 1 is 1.50 bits per heavy atom. The third-order valence-electron chi connectivity index (χ3n) is 2.17. The summed E-state index contributed by atoms with van der Waals surface area (Å²) in [6.07, 6.45) is -0.0108. The van der Waals surface area contributed by atoms with E-state index in [2.05, 4.69) is 5.10 Å². The SMILES string of the molecule is Cc1nn(CCO)c(C)c1CC(=O)O. The summed E-state index contributed by atoms with van der Waals surface area (Å²) in [5, 5.41) is 21.6. The van der Waals surface area contributed by atoms with Crippen LogP contribution < -0.4 is 0 Å². The number of hydrogen-bond donors (Lipinski definition) is 2. The van der Waals surface area contributed by atoms with Gasteiger partial charge in [0.1, 0.15) is 0 Å². The van der Waals surface area contributed by atoms with E-state index in [-0.39, 0.29) is 13.0 Å². The molecule has 0 saturated heterocycles. The van der Waals surface area contributed by atoms with Crippen molar-refractivity contribution in [3.8, 4) is 0 Å². The van der Waals surface area contributed by atoms with Crippen LogP contribution in [0.4, 0.5) is 0 Å². The number of aromatic nitrogens is 2. The number of carboxylic acid groups (broad SMARTS) is 1.